The van der Waals surface area contributed by atoms with E-state index in [0.29, 0.717) is 6.61 Å². The van der Waals surface area contributed by atoms with Gasteiger partial charge in [-0.3, -0.25) is 0 Å². The molecule has 5 nitrogen and oxygen atoms in total. The fourth-order valence-electron chi connectivity index (χ4n) is 2.83. The Morgan fingerprint density at radius 1 is 1.22 bits per heavy atom. The third-order valence-corrected chi connectivity index (χ3v) is 4.14. The van der Waals surface area contributed by atoms with Gasteiger partial charge in [0.25, 0.3) is 0 Å². The molecule has 0 saturated carbocycles. The molecule has 23 heavy (non-hydrogen) atoms. The Morgan fingerprint density at radius 3 is 2.70 bits per heavy atom. The summed E-state index contributed by atoms with van der Waals surface area (Å²) in [5.74, 6) is -1.02. The molecule has 0 unspecified atom stereocenters. The molecule has 2 aromatic rings. The largest absolute Gasteiger partial charge is 0.478 e. The number of hydrogen-bond acceptors (Lipinski definition) is 4. The predicted octanol–water partition coefficient (Wildman–Crippen LogP) is 1.83. The molecule has 120 valence electrons. The molecule has 2 aromatic carbocycles. The molecule has 1 aliphatic carbocycles. The maximum absolute atomic E-state index is 11.1. The van der Waals surface area contributed by atoms with Gasteiger partial charge in [0.1, 0.15) is 0 Å². The van der Waals surface area contributed by atoms with Crippen molar-refractivity contribution in [1.29, 1.82) is 0 Å². The van der Waals surface area contributed by atoms with Crippen LogP contribution in [0.25, 0.3) is 10.8 Å². The second-order valence-corrected chi connectivity index (χ2v) is 5.80. The van der Waals surface area contributed by atoms with Gasteiger partial charge < -0.3 is 20.7 Å². The summed E-state index contributed by atoms with van der Waals surface area (Å²) in [6.45, 7) is 0.298. The summed E-state index contributed by atoms with van der Waals surface area (Å²) >= 11 is 0. The zero-order valence-electron chi connectivity index (χ0n) is 12.6. The van der Waals surface area contributed by atoms with Crippen molar-refractivity contribution >= 4 is 16.7 Å². The Balaban J connectivity index is 1.71. The van der Waals surface area contributed by atoms with Crippen molar-refractivity contribution in [1.82, 2.24) is 0 Å². The minimum atomic E-state index is -1.02. The van der Waals surface area contributed by atoms with Gasteiger partial charge >= 0.3 is 5.97 Å². The standard InChI is InChI=1S/C18H19NO4/c19-15-8-14(18(21)22)9-16(17(15)20)23-10-11-5-6-12-3-1-2-4-13(12)7-11/h1-8,15-17,20H,9-10,19H2,(H,21,22)/t15-,16+,17+/m0/s1. The number of benzene rings is 2. The number of carbonyl (C=O) groups is 1. The van der Waals surface area contributed by atoms with E-state index in [0.717, 1.165) is 16.3 Å². The number of hydrogen-bond donors (Lipinski definition) is 3. The molecule has 5 heteroatoms. The van der Waals surface area contributed by atoms with Crippen LogP contribution in [0.5, 0.6) is 0 Å². The average molecular weight is 313 g/mol. The van der Waals surface area contributed by atoms with Crippen LogP contribution < -0.4 is 5.73 Å². The van der Waals surface area contributed by atoms with Crippen molar-refractivity contribution in [3.05, 3.63) is 59.7 Å². The topological polar surface area (TPSA) is 92.8 Å². The second-order valence-electron chi connectivity index (χ2n) is 5.80. The first kappa shape index (κ1) is 15.7. The number of aliphatic hydroxyl groups excluding tert-OH is 1. The number of carboxylic acid groups (broad SMARTS) is 1. The van der Waals surface area contributed by atoms with Crippen LogP contribution in [0.15, 0.2) is 54.1 Å². The van der Waals surface area contributed by atoms with Gasteiger partial charge in [0.15, 0.2) is 0 Å². The number of carboxylic acids is 1. The zero-order valence-corrected chi connectivity index (χ0v) is 12.6. The molecular formula is C18H19NO4. The van der Waals surface area contributed by atoms with Crippen molar-refractivity contribution < 1.29 is 19.7 Å². The lowest BCUT2D eigenvalue weighted by molar-refractivity contribution is -0.134. The number of aliphatic carboxylic acids is 1. The van der Waals surface area contributed by atoms with Gasteiger partial charge in [-0.2, -0.15) is 0 Å². The lowest BCUT2D eigenvalue weighted by atomic mass is 9.91. The van der Waals surface area contributed by atoms with Crippen molar-refractivity contribution in [2.75, 3.05) is 0 Å². The summed E-state index contributed by atoms with van der Waals surface area (Å²) in [6, 6.07) is 13.3. The third-order valence-electron chi connectivity index (χ3n) is 4.14. The van der Waals surface area contributed by atoms with E-state index >= 15 is 0 Å². The van der Waals surface area contributed by atoms with E-state index < -0.39 is 24.2 Å². The highest BCUT2D eigenvalue weighted by atomic mass is 16.5. The number of rotatable bonds is 4. The van der Waals surface area contributed by atoms with E-state index in [4.69, 9.17) is 15.6 Å². The van der Waals surface area contributed by atoms with Crippen molar-refractivity contribution in [3.8, 4) is 0 Å². The van der Waals surface area contributed by atoms with E-state index in [1.54, 1.807) is 0 Å². The van der Waals surface area contributed by atoms with E-state index in [9.17, 15) is 9.90 Å². The molecular weight excluding hydrogens is 294 g/mol. The van der Waals surface area contributed by atoms with E-state index in [2.05, 4.69) is 0 Å². The molecule has 1 aliphatic rings. The molecule has 3 rings (SSSR count). The normalized spacial score (nSPS) is 24.4. The predicted molar refractivity (Wildman–Crippen MR) is 86.8 cm³/mol. The summed E-state index contributed by atoms with van der Waals surface area (Å²) in [4.78, 5) is 11.1. The fourth-order valence-corrected chi connectivity index (χ4v) is 2.83. The molecule has 0 aliphatic heterocycles. The fraction of sp³-hybridized carbons (Fsp3) is 0.278. The lowest BCUT2D eigenvalue weighted by Crippen LogP contribution is -2.46. The average Bonchev–Trinajstić information content (AvgIpc) is 2.55. The molecule has 0 spiro atoms. The Labute approximate surface area is 134 Å². The molecule has 0 heterocycles. The third kappa shape index (κ3) is 3.42. The van der Waals surface area contributed by atoms with Crippen LogP contribution in [0.1, 0.15) is 12.0 Å². The molecule has 0 fully saturated rings. The van der Waals surface area contributed by atoms with Crippen LogP contribution in [0.3, 0.4) is 0 Å². The molecule has 0 bridgehead atoms. The highest BCUT2D eigenvalue weighted by Gasteiger charge is 2.32. The zero-order chi connectivity index (χ0) is 16.4. The highest BCUT2D eigenvalue weighted by Crippen LogP contribution is 2.23. The van der Waals surface area contributed by atoms with E-state index in [-0.39, 0.29) is 12.0 Å². The van der Waals surface area contributed by atoms with E-state index in [1.165, 1.54) is 6.08 Å². The van der Waals surface area contributed by atoms with Crippen LogP contribution in [0, 0.1) is 0 Å². The molecule has 0 aromatic heterocycles. The Bertz CT molecular complexity index is 756. The minimum absolute atomic E-state index is 0.151. The van der Waals surface area contributed by atoms with Crippen LogP contribution in [0.4, 0.5) is 0 Å². The summed E-state index contributed by atoms with van der Waals surface area (Å²) < 4.78 is 5.75. The smallest absolute Gasteiger partial charge is 0.331 e. The molecule has 0 saturated heterocycles. The first-order valence-electron chi connectivity index (χ1n) is 7.51. The summed E-state index contributed by atoms with van der Waals surface area (Å²) in [6.07, 6.45) is 0.0202. The lowest BCUT2D eigenvalue weighted by Gasteiger charge is -2.30. The highest BCUT2D eigenvalue weighted by molar-refractivity contribution is 5.87. The first-order valence-corrected chi connectivity index (χ1v) is 7.51. The van der Waals surface area contributed by atoms with Crippen molar-refractivity contribution in [2.45, 2.75) is 31.3 Å². The van der Waals surface area contributed by atoms with Gasteiger partial charge in [0.05, 0.1) is 24.9 Å². The van der Waals surface area contributed by atoms with Crippen LogP contribution in [0.2, 0.25) is 0 Å². The Kier molecular flexibility index (Phi) is 4.43. The number of nitrogens with two attached hydrogens (primary N) is 1. The van der Waals surface area contributed by atoms with Gasteiger partial charge in [-0.15, -0.1) is 0 Å². The first-order chi connectivity index (χ1) is 11.0. The van der Waals surface area contributed by atoms with E-state index in [1.807, 2.05) is 42.5 Å². The summed E-state index contributed by atoms with van der Waals surface area (Å²) in [7, 11) is 0. The second kappa shape index (κ2) is 6.50. The van der Waals surface area contributed by atoms with Crippen LogP contribution in [-0.2, 0) is 16.1 Å². The number of ether oxygens (including phenoxy) is 1. The van der Waals surface area contributed by atoms with Gasteiger partial charge in [-0.1, -0.05) is 42.5 Å². The molecule has 4 N–H and O–H groups in total. The van der Waals surface area contributed by atoms with Crippen molar-refractivity contribution in [3.63, 3.8) is 0 Å². The maximum atomic E-state index is 11.1. The summed E-state index contributed by atoms with van der Waals surface area (Å²) in [5, 5.41) is 21.5. The van der Waals surface area contributed by atoms with Crippen molar-refractivity contribution in [2.24, 2.45) is 5.73 Å². The minimum Gasteiger partial charge on any atom is -0.478 e. The number of aliphatic hydroxyl groups is 1. The maximum Gasteiger partial charge on any atom is 0.331 e. The van der Waals surface area contributed by atoms with Crippen LogP contribution in [-0.4, -0.2) is 34.4 Å². The molecule has 3 atom stereocenters. The van der Waals surface area contributed by atoms with Crippen LogP contribution >= 0.6 is 0 Å². The Hall–Kier alpha value is -2.21. The molecule has 0 radical (unpaired) electrons. The van der Waals surface area contributed by atoms with Gasteiger partial charge in [0, 0.05) is 12.0 Å². The quantitative estimate of drug-likeness (QED) is 0.801. The number of fused-ring (bicyclic) bond motifs is 1. The monoisotopic (exact) mass is 313 g/mol. The Morgan fingerprint density at radius 2 is 1.96 bits per heavy atom. The molecule has 0 amide bonds. The summed E-state index contributed by atoms with van der Waals surface area (Å²) in [5.41, 5.74) is 6.93. The van der Waals surface area contributed by atoms with Gasteiger partial charge in [-0.05, 0) is 22.4 Å². The van der Waals surface area contributed by atoms with Gasteiger partial charge in [-0.25, -0.2) is 4.79 Å². The SMILES string of the molecule is N[C@H]1C=C(C(=O)O)C[C@@H](OCc2ccc3ccccc3c2)[C@@H]1O. The van der Waals surface area contributed by atoms with Gasteiger partial charge in [0.2, 0.25) is 0 Å².